The van der Waals surface area contributed by atoms with Crippen LogP contribution in [0.2, 0.25) is 0 Å². The van der Waals surface area contributed by atoms with Crippen LogP contribution in [0.1, 0.15) is 15.5 Å². The second kappa shape index (κ2) is 7.30. The third kappa shape index (κ3) is 3.47. The predicted octanol–water partition coefficient (Wildman–Crippen LogP) is 1.75. The SMILES string of the molecule is Cc1nc(-c2ccc(NC(=O)Cn3cnc4c3C(=O)N(C)C(O)N4C)cc2)cs1. The number of rotatable bonds is 4. The lowest BCUT2D eigenvalue weighted by Gasteiger charge is -2.36. The Morgan fingerprint density at radius 1 is 1.24 bits per heavy atom. The number of hydrogen-bond donors (Lipinski definition) is 2. The Labute approximate surface area is 171 Å². The Morgan fingerprint density at radius 3 is 2.62 bits per heavy atom. The highest BCUT2D eigenvalue weighted by Gasteiger charge is 2.36. The van der Waals surface area contributed by atoms with Gasteiger partial charge in [0, 0.05) is 30.7 Å². The van der Waals surface area contributed by atoms with Crippen molar-refractivity contribution < 1.29 is 14.7 Å². The topological polar surface area (TPSA) is 104 Å². The molecule has 2 N–H and O–H groups in total. The number of carbonyl (C=O) groups excluding carboxylic acids is 2. The van der Waals surface area contributed by atoms with Crippen LogP contribution < -0.4 is 10.2 Å². The van der Waals surface area contributed by atoms with Gasteiger partial charge in [-0.3, -0.25) is 14.5 Å². The number of fused-ring (bicyclic) bond motifs is 1. The number of benzene rings is 1. The molecule has 0 saturated heterocycles. The Hall–Kier alpha value is -3.24. The highest BCUT2D eigenvalue weighted by atomic mass is 32.1. The van der Waals surface area contributed by atoms with E-state index in [-0.39, 0.29) is 24.1 Å². The molecular weight excluding hydrogens is 392 g/mol. The lowest BCUT2D eigenvalue weighted by Crippen LogP contribution is -2.52. The average Bonchev–Trinajstić information content (AvgIpc) is 3.32. The van der Waals surface area contributed by atoms with Crippen molar-refractivity contribution >= 4 is 34.7 Å². The summed E-state index contributed by atoms with van der Waals surface area (Å²) in [6.07, 6.45) is 0.338. The summed E-state index contributed by atoms with van der Waals surface area (Å²) >= 11 is 1.59. The molecule has 1 unspecified atom stereocenters. The van der Waals surface area contributed by atoms with Gasteiger partial charge in [-0.25, -0.2) is 9.97 Å². The normalized spacial score (nSPS) is 16.1. The van der Waals surface area contributed by atoms with Crippen molar-refractivity contribution in [2.24, 2.45) is 0 Å². The summed E-state index contributed by atoms with van der Waals surface area (Å²) in [5, 5.41) is 15.9. The number of thiazole rings is 1. The van der Waals surface area contributed by atoms with Crippen molar-refractivity contribution in [3.05, 3.63) is 46.7 Å². The standard InChI is InChI=1S/C19H20N6O3S/c1-11-21-14(9-29-11)12-4-6-13(7-5-12)22-15(26)8-25-10-20-17-16(25)18(27)24(3)19(28)23(17)2/h4-7,9-10,19,28H,8H2,1-3H3,(H,22,26). The molecule has 10 heteroatoms. The number of amides is 2. The fourth-order valence-corrected chi connectivity index (χ4v) is 3.81. The molecule has 2 amide bonds. The minimum Gasteiger partial charge on any atom is -0.356 e. The first-order valence-electron chi connectivity index (χ1n) is 8.90. The number of aryl methyl sites for hydroxylation is 1. The van der Waals surface area contributed by atoms with Gasteiger partial charge < -0.3 is 19.9 Å². The van der Waals surface area contributed by atoms with Crippen LogP contribution in [0.4, 0.5) is 11.5 Å². The lowest BCUT2D eigenvalue weighted by molar-refractivity contribution is -0.116. The number of aromatic nitrogens is 3. The van der Waals surface area contributed by atoms with Crippen LogP contribution >= 0.6 is 11.3 Å². The zero-order valence-electron chi connectivity index (χ0n) is 16.2. The van der Waals surface area contributed by atoms with E-state index >= 15 is 0 Å². The van der Waals surface area contributed by atoms with Crippen LogP contribution in [0.15, 0.2) is 36.0 Å². The summed E-state index contributed by atoms with van der Waals surface area (Å²) in [6, 6.07) is 7.43. The van der Waals surface area contributed by atoms with Gasteiger partial charge in [0.1, 0.15) is 6.54 Å². The molecule has 1 atom stereocenters. The third-order valence-electron chi connectivity index (χ3n) is 4.77. The molecule has 0 saturated carbocycles. The molecule has 1 aromatic carbocycles. The van der Waals surface area contributed by atoms with Crippen molar-refractivity contribution in [3.63, 3.8) is 0 Å². The molecule has 150 valence electrons. The van der Waals surface area contributed by atoms with Crippen molar-refractivity contribution in [2.45, 2.75) is 19.8 Å². The number of aliphatic hydroxyl groups is 1. The molecule has 0 aliphatic carbocycles. The van der Waals surface area contributed by atoms with Crippen molar-refractivity contribution in [3.8, 4) is 11.3 Å². The number of hydrogen-bond acceptors (Lipinski definition) is 7. The van der Waals surface area contributed by atoms with Gasteiger partial charge in [0.2, 0.25) is 12.3 Å². The maximum Gasteiger partial charge on any atom is 0.277 e. The number of nitrogens with one attached hydrogen (secondary N) is 1. The van der Waals surface area contributed by atoms with Gasteiger partial charge in [-0.05, 0) is 19.1 Å². The lowest BCUT2D eigenvalue weighted by atomic mass is 10.1. The zero-order chi connectivity index (χ0) is 20.7. The van der Waals surface area contributed by atoms with Crippen LogP contribution in [0, 0.1) is 6.92 Å². The van der Waals surface area contributed by atoms with E-state index in [9.17, 15) is 14.7 Å². The first kappa shape index (κ1) is 19.1. The van der Waals surface area contributed by atoms with Crippen LogP contribution in [-0.4, -0.2) is 56.8 Å². The number of carbonyl (C=O) groups is 2. The molecular formula is C19H20N6O3S. The van der Waals surface area contributed by atoms with E-state index in [4.69, 9.17) is 0 Å². The van der Waals surface area contributed by atoms with Crippen LogP contribution in [0.5, 0.6) is 0 Å². The molecule has 1 aliphatic rings. The van der Waals surface area contributed by atoms with Gasteiger partial charge in [-0.2, -0.15) is 0 Å². The molecule has 2 aromatic heterocycles. The van der Waals surface area contributed by atoms with Gasteiger partial charge in [-0.1, -0.05) is 12.1 Å². The molecule has 0 fully saturated rings. The molecule has 3 heterocycles. The number of imidazole rings is 1. The largest absolute Gasteiger partial charge is 0.356 e. The monoisotopic (exact) mass is 412 g/mol. The smallest absolute Gasteiger partial charge is 0.277 e. The Kier molecular flexibility index (Phi) is 4.81. The summed E-state index contributed by atoms with van der Waals surface area (Å²) in [7, 11) is 3.13. The number of anilines is 2. The van der Waals surface area contributed by atoms with Crippen LogP contribution in [0.25, 0.3) is 11.3 Å². The summed E-state index contributed by atoms with van der Waals surface area (Å²) in [5.74, 6) is -0.332. The quantitative estimate of drug-likeness (QED) is 0.677. The van der Waals surface area contributed by atoms with E-state index in [1.165, 1.54) is 27.7 Å². The number of nitrogens with zero attached hydrogens (tertiary/aromatic N) is 5. The van der Waals surface area contributed by atoms with E-state index in [2.05, 4.69) is 15.3 Å². The van der Waals surface area contributed by atoms with Gasteiger partial charge >= 0.3 is 0 Å². The van der Waals surface area contributed by atoms with E-state index in [0.717, 1.165) is 16.3 Å². The fraction of sp³-hybridized carbons (Fsp3) is 0.263. The Bertz CT molecular complexity index is 1070. The Balaban J connectivity index is 1.47. The fourth-order valence-electron chi connectivity index (χ4n) is 3.18. The minimum atomic E-state index is -1.09. The molecule has 3 aromatic rings. The van der Waals surface area contributed by atoms with Crippen molar-refractivity contribution in [1.29, 1.82) is 0 Å². The van der Waals surface area contributed by atoms with E-state index in [1.807, 2.05) is 36.6 Å². The van der Waals surface area contributed by atoms with Crippen LogP contribution in [-0.2, 0) is 11.3 Å². The maximum atomic E-state index is 12.5. The highest BCUT2D eigenvalue weighted by molar-refractivity contribution is 7.09. The average molecular weight is 412 g/mol. The van der Waals surface area contributed by atoms with Gasteiger partial charge in [0.15, 0.2) is 11.5 Å². The molecule has 1 aliphatic heterocycles. The third-order valence-corrected chi connectivity index (χ3v) is 5.54. The van der Waals surface area contributed by atoms with Crippen LogP contribution in [0.3, 0.4) is 0 Å². The second-order valence-corrected chi connectivity index (χ2v) is 7.86. The first-order valence-corrected chi connectivity index (χ1v) is 9.78. The highest BCUT2D eigenvalue weighted by Crippen LogP contribution is 2.27. The van der Waals surface area contributed by atoms with Gasteiger partial charge in [0.05, 0.1) is 17.0 Å². The van der Waals surface area contributed by atoms with E-state index in [0.29, 0.717) is 11.5 Å². The van der Waals surface area contributed by atoms with Crippen molar-refractivity contribution in [2.75, 3.05) is 24.3 Å². The van der Waals surface area contributed by atoms with Gasteiger partial charge in [0.25, 0.3) is 5.91 Å². The number of aliphatic hydroxyl groups excluding tert-OH is 1. The summed E-state index contributed by atoms with van der Waals surface area (Å²) in [5.41, 5.74) is 2.80. The maximum absolute atomic E-state index is 12.5. The Morgan fingerprint density at radius 2 is 1.97 bits per heavy atom. The molecule has 4 rings (SSSR count). The molecule has 29 heavy (non-hydrogen) atoms. The van der Waals surface area contributed by atoms with E-state index in [1.54, 1.807) is 18.4 Å². The van der Waals surface area contributed by atoms with E-state index < -0.39 is 6.35 Å². The predicted molar refractivity (Wildman–Crippen MR) is 110 cm³/mol. The van der Waals surface area contributed by atoms with Gasteiger partial charge in [-0.15, -0.1) is 11.3 Å². The van der Waals surface area contributed by atoms with Crippen molar-refractivity contribution in [1.82, 2.24) is 19.4 Å². The molecule has 0 radical (unpaired) electrons. The first-order chi connectivity index (χ1) is 13.8. The second-order valence-electron chi connectivity index (χ2n) is 6.80. The molecule has 0 bridgehead atoms. The zero-order valence-corrected chi connectivity index (χ0v) is 17.0. The summed E-state index contributed by atoms with van der Waals surface area (Å²) in [6.45, 7) is 1.89. The molecule has 9 nitrogen and oxygen atoms in total. The molecule has 0 spiro atoms. The summed E-state index contributed by atoms with van der Waals surface area (Å²) < 4.78 is 1.48. The minimum absolute atomic E-state index is 0.0706. The summed E-state index contributed by atoms with van der Waals surface area (Å²) in [4.78, 5) is 36.3.